The molecule has 136 valence electrons. The van der Waals surface area contributed by atoms with Crippen LogP contribution in [0.1, 0.15) is 33.3 Å². The molecule has 3 rings (SSSR count). The molecule has 0 atom stereocenters. The first-order valence-corrected chi connectivity index (χ1v) is 8.16. The van der Waals surface area contributed by atoms with Crippen LogP contribution in [0.2, 0.25) is 0 Å². The Morgan fingerprint density at radius 1 is 1.15 bits per heavy atom. The van der Waals surface area contributed by atoms with Gasteiger partial charge in [-0.05, 0) is 24.1 Å². The van der Waals surface area contributed by atoms with Gasteiger partial charge in [-0.15, -0.1) is 0 Å². The second kappa shape index (κ2) is 7.61. The number of aromatic nitrogens is 2. The van der Waals surface area contributed by atoms with E-state index in [1.165, 1.54) is 35.2 Å². The van der Waals surface area contributed by atoms with E-state index < -0.39 is 11.9 Å². The normalized spacial score (nSPS) is 11.0. The van der Waals surface area contributed by atoms with Crippen molar-refractivity contribution in [2.75, 3.05) is 0 Å². The Morgan fingerprint density at radius 2 is 1.81 bits per heavy atom. The number of carboxylic acid groups (broad SMARTS) is 1. The van der Waals surface area contributed by atoms with Gasteiger partial charge in [0, 0.05) is 11.9 Å². The second-order valence-electron chi connectivity index (χ2n) is 5.62. The molecule has 27 heavy (non-hydrogen) atoms. The lowest BCUT2D eigenvalue weighted by Crippen LogP contribution is -2.28. The summed E-state index contributed by atoms with van der Waals surface area (Å²) in [5.74, 6) is -1.83. The number of carbonyl (C=O) groups excluding carboxylic acids is 2. The van der Waals surface area contributed by atoms with Crippen molar-refractivity contribution in [2.24, 2.45) is 5.10 Å². The molecule has 1 amide bonds. The first-order chi connectivity index (χ1) is 13.0. The lowest BCUT2D eigenvalue weighted by atomic mass is 10.1. The third-order valence-electron chi connectivity index (χ3n) is 3.91. The van der Waals surface area contributed by atoms with Crippen molar-refractivity contribution in [1.82, 2.24) is 15.2 Å². The highest BCUT2D eigenvalue weighted by atomic mass is 16.4. The third kappa shape index (κ3) is 3.74. The number of aryl methyl sites for hydroxylation is 1. The number of hydrazone groups is 1. The van der Waals surface area contributed by atoms with Crippen molar-refractivity contribution in [3.05, 3.63) is 75.7 Å². The van der Waals surface area contributed by atoms with Crippen molar-refractivity contribution >= 4 is 28.9 Å². The molecule has 3 aromatic rings. The van der Waals surface area contributed by atoms with Gasteiger partial charge in [0.25, 0.3) is 11.5 Å². The third-order valence-corrected chi connectivity index (χ3v) is 3.91. The number of amides is 1. The van der Waals surface area contributed by atoms with E-state index in [2.05, 4.69) is 15.6 Å². The molecule has 1 heterocycles. The van der Waals surface area contributed by atoms with Gasteiger partial charge < -0.3 is 9.90 Å². The molecule has 0 saturated carbocycles. The van der Waals surface area contributed by atoms with Crippen LogP contribution in [0.15, 0.2) is 58.4 Å². The van der Waals surface area contributed by atoms with E-state index in [0.29, 0.717) is 22.9 Å². The highest BCUT2D eigenvalue weighted by Crippen LogP contribution is 2.13. The van der Waals surface area contributed by atoms with Gasteiger partial charge in [0.1, 0.15) is 0 Å². The Kier molecular flexibility index (Phi) is 5.07. The molecule has 1 aromatic heterocycles. The monoisotopic (exact) mass is 363 g/mol. The molecule has 0 bridgehead atoms. The minimum atomic E-state index is -1.27. The average Bonchev–Trinajstić information content (AvgIpc) is 2.69. The molecule has 2 aromatic carbocycles. The number of carbonyl (C=O) groups is 2. The van der Waals surface area contributed by atoms with Gasteiger partial charge in [-0.25, -0.2) is 10.1 Å². The summed E-state index contributed by atoms with van der Waals surface area (Å²) in [5.41, 5.74) is 2.85. The van der Waals surface area contributed by atoms with E-state index >= 15 is 0 Å². The van der Waals surface area contributed by atoms with Crippen LogP contribution in [0.5, 0.6) is 0 Å². The number of nitrogens with zero attached hydrogens (tertiary/aromatic N) is 3. The lowest BCUT2D eigenvalue weighted by Gasteiger charge is -2.08. The number of hydrogen-bond donors (Lipinski definition) is 1. The number of hydrogen-bond acceptors (Lipinski definition) is 6. The molecule has 0 spiro atoms. The Labute approximate surface area is 153 Å². The maximum atomic E-state index is 12.5. The summed E-state index contributed by atoms with van der Waals surface area (Å²) in [6.07, 6.45) is 1.37. The van der Waals surface area contributed by atoms with Gasteiger partial charge in [-0.1, -0.05) is 42.5 Å². The van der Waals surface area contributed by atoms with Crippen LogP contribution in [-0.4, -0.2) is 27.9 Å². The van der Waals surface area contributed by atoms with Gasteiger partial charge in [-0.2, -0.15) is 10.2 Å². The predicted molar refractivity (Wildman–Crippen MR) is 97.5 cm³/mol. The van der Waals surface area contributed by atoms with Gasteiger partial charge >= 0.3 is 0 Å². The Morgan fingerprint density at radius 3 is 2.44 bits per heavy atom. The minimum Gasteiger partial charge on any atom is -0.545 e. The molecule has 0 fully saturated rings. The smallest absolute Gasteiger partial charge is 0.292 e. The topological polar surface area (TPSA) is 116 Å². The fourth-order valence-corrected chi connectivity index (χ4v) is 2.54. The summed E-state index contributed by atoms with van der Waals surface area (Å²) in [5, 5.41) is 19.6. The molecule has 0 unspecified atom stereocenters. The van der Waals surface area contributed by atoms with Gasteiger partial charge in [0.05, 0.1) is 17.6 Å². The zero-order chi connectivity index (χ0) is 19.4. The predicted octanol–water partition coefficient (Wildman–Crippen LogP) is 0.544. The number of nitrogens with one attached hydrogen (secondary N) is 1. The number of rotatable bonds is 5. The molecular formula is C19H15N4O4-. The Balaban J connectivity index is 1.85. The van der Waals surface area contributed by atoms with E-state index in [4.69, 9.17) is 0 Å². The zero-order valence-electron chi connectivity index (χ0n) is 14.4. The van der Waals surface area contributed by atoms with E-state index in [9.17, 15) is 19.5 Å². The fraction of sp³-hybridized carbons (Fsp3) is 0.105. The summed E-state index contributed by atoms with van der Waals surface area (Å²) in [6, 6.07) is 12.6. The highest BCUT2D eigenvalue weighted by molar-refractivity contribution is 6.05. The summed E-state index contributed by atoms with van der Waals surface area (Å²) in [4.78, 5) is 35.5. The average molecular weight is 363 g/mol. The van der Waals surface area contributed by atoms with Crippen LogP contribution in [0.3, 0.4) is 0 Å². The number of aromatic carboxylic acids is 1. The number of benzene rings is 2. The minimum absolute atomic E-state index is 0.0497. The standard InChI is InChI=1S/C19H16N4O4/c1-2-23-18(25)15-6-4-3-5-14(15)16(22-23)17(24)21-20-11-12-7-9-13(10-8-12)19(26)27/h3-11H,2H2,1H3,(H,21,24)(H,26,27)/p-1/b20-11-. The van der Waals surface area contributed by atoms with Gasteiger partial charge in [0.2, 0.25) is 0 Å². The summed E-state index contributed by atoms with van der Waals surface area (Å²) >= 11 is 0. The van der Waals surface area contributed by atoms with E-state index in [0.717, 1.165) is 0 Å². The van der Waals surface area contributed by atoms with Crippen molar-refractivity contribution in [3.63, 3.8) is 0 Å². The van der Waals surface area contributed by atoms with Crippen molar-refractivity contribution in [1.29, 1.82) is 0 Å². The summed E-state index contributed by atoms with van der Waals surface area (Å²) in [6.45, 7) is 2.09. The van der Waals surface area contributed by atoms with Crippen LogP contribution in [0.4, 0.5) is 0 Å². The molecule has 1 N–H and O–H groups in total. The SMILES string of the molecule is CCn1nc(C(=O)N/N=C\c2ccc(C(=O)[O-])cc2)c2ccccc2c1=O. The molecule has 8 heteroatoms. The second-order valence-corrected chi connectivity index (χ2v) is 5.62. The quantitative estimate of drug-likeness (QED) is 0.525. The van der Waals surface area contributed by atoms with E-state index in [1.54, 1.807) is 31.2 Å². The molecule has 0 radical (unpaired) electrons. The number of carboxylic acids is 1. The zero-order valence-corrected chi connectivity index (χ0v) is 14.4. The van der Waals surface area contributed by atoms with Crippen molar-refractivity contribution in [3.8, 4) is 0 Å². The van der Waals surface area contributed by atoms with Gasteiger partial charge in [-0.3, -0.25) is 9.59 Å². The Hall–Kier alpha value is -3.81. The summed E-state index contributed by atoms with van der Waals surface area (Å²) < 4.78 is 1.22. The molecule has 0 aliphatic rings. The van der Waals surface area contributed by atoms with Crippen LogP contribution in [0, 0.1) is 0 Å². The maximum absolute atomic E-state index is 12.5. The van der Waals surface area contributed by atoms with Gasteiger partial charge in [0.15, 0.2) is 5.69 Å². The molecule has 8 nitrogen and oxygen atoms in total. The van der Waals surface area contributed by atoms with Crippen LogP contribution in [0.25, 0.3) is 10.8 Å². The first-order valence-electron chi connectivity index (χ1n) is 8.16. The van der Waals surface area contributed by atoms with E-state index in [1.807, 2.05) is 0 Å². The van der Waals surface area contributed by atoms with Crippen LogP contribution >= 0.6 is 0 Å². The molecule has 0 aliphatic heterocycles. The first kappa shape index (κ1) is 18.0. The molecule has 0 saturated heterocycles. The van der Waals surface area contributed by atoms with Crippen molar-refractivity contribution in [2.45, 2.75) is 13.5 Å². The number of fused-ring (bicyclic) bond motifs is 1. The largest absolute Gasteiger partial charge is 0.545 e. The van der Waals surface area contributed by atoms with E-state index in [-0.39, 0.29) is 16.8 Å². The van der Waals surface area contributed by atoms with Crippen molar-refractivity contribution < 1.29 is 14.7 Å². The van der Waals surface area contributed by atoms with Crippen LogP contribution < -0.4 is 16.1 Å². The summed E-state index contributed by atoms with van der Waals surface area (Å²) in [7, 11) is 0. The molecule has 0 aliphatic carbocycles. The highest BCUT2D eigenvalue weighted by Gasteiger charge is 2.15. The Bertz CT molecular complexity index is 1100. The molecular weight excluding hydrogens is 348 g/mol. The lowest BCUT2D eigenvalue weighted by molar-refractivity contribution is -0.255. The van der Waals surface area contributed by atoms with Crippen LogP contribution in [-0.2, 0) is 6.54 Å². The maximum Gasteiger partial charge on any atom is 0.292 e. The fourth-order valence-electron chi connectivity index (χ4n) is 2.54.